The second-order valence-corrected chi connectivity index (χ2v) is 7.68. The van der Waals surface area contributed by atoms with Gasteiger partial charge in [-0.05, 0) is 12.5 Å². The predicted octanol–water partition coefficient (Wildman–Crippen LogP) is 2.54. The smallest absolute Gasteiger partial charge is 0.330 e. The van der Waals surface area contributed by atoms with Gasteiger partial charge in [-0.15, -0.1) is 0 Å². The molecule has 2 aliphatic rings. The van der Waals surface area contributed by atoms with Crippen LogP contribution in [0.1, 0.15) is 32.3 Å². The Balaban J connectivity index is 1.78. The Morgan fingerprint density at radius 2 is 2.00 bits per heavy atom. The molecule has 3 rings (SSSR count). The number of carbonyl (C=O) groups is 2. The summed E-state index contributed by atoms with van der Waals surface area (Å²) in [6.07, 6.45) is 1.29. The third-order valence-electron chi connectivity index (χ3n) is 5.30. The van der Waals surface area contributed by atoms with E-state index in [1.807, 2.05) is 30.3 Å². The van der Waals surface area contributed by atoms with Crippen LogP contribution in [0.15, 0.2) is 42.5 Å². The van der Waals surface area contributed by atoms with Crippen molar-refractivity contribution in [3.05, 3.63) is 48.0 Å². The van der Waals surface area contributed by atoms with E-state index in [-0.39, 0.29) is 25.0 Å². The summed E-state index contributed by atoms with van der Waals surface area (Å²) in [6, 6.07) is 9.81. The summed E-state index contributed by atoms with van der Waals surface area (Å²) >= 11 is 0. The highest BCUT2D eigenvalue weighted by Gasteiger charge is 2.47. The summed E-state index contributed by atoms with van der Waals surface area (Å²) in [6.45, 7) is 3.56. The van der Waals surface area contributed by atoms with Crippen LogP contribution in [0.4, 0.5) is 0 Å². The van der Waals surface area contributed by atoms with E-state index >= 15 is 0 Å². The van der Waals surface area contributed by atoms with Crippen molar-refractivity contribution in [3.63, 3.8) is 0 Å². The van der Waals surface area contributed by atoms with Crippen LogP contribution in [-0.4, -0.2) is 62.5 Å². The van der Waals surface area contributed by atoms with Crippen LogP contribution in [0, 0.1) is 0 Å². The molecule has 1 aromatic carbocycles. The van der Waals surface area contributed by atoms with Gasteiger partial charge in [-0.25, -0.2) is 4.79 Å². The highest BCUT2D eigenvalue weighted by atomic mass is 16.7. The van der Waals surface area contributed by atoms with E-state index in [9.17, 15) is 9.59 Å². The summed E-state index contributed by atoms with van der Waals surface area (Å²) in [5.41, 5.74) is 1.03. The fourth-order valence-corrected chi connectivity index (χ4v) is 3.87. The van der Waals surface area contributed by atoms with Gasteiger partial charge in [0.15, 0.2) is 0 Å². The minimum Gasteiger partial charge on any atom is -0.460 e. The number of rotatable bonds is 10. The lowest BCUT2D eigenvalue weighted by molar-refractivity contribution is -0.198. The molecule has 0 spiro atoms. The van der Waals surface area contributed by atoms with Gasteiger partial charge in [-0.2, -0.15) is 0 Å². The molecule has 0 bridgehead atoms. The number of methoxy groups -OCH3 is 1. The number of cyclic esters (lactones) is 1. The summed E-state index contributed by atoms with van der Waals surface area (Å²) in [4.78, 5) is 23.3. The summed E-state index contributed by atoms with van der Waals surface area (Å²) in [5.74, 6) is -0.799. The van der Waals surface area contributed by atoms with Crippen LogP contribution in [0.25, 0.3) is 0 Å². The zero-order valence-corrected chi connectivity index (χ0v) is 18.1. The SMILES string of the molecule is COCO[C@@H]([C@@H]1O[C@@H]([C@H](C)OC(C)=O)C[C@@H]1OCc1ccccc1)[C@H]1CC=CC(=O)O1. The van der Waals surface area contributed by atoms with E-state index < -0.39 is 30.4 Å². The first kappa shape index (κ1) is 23.4. The number of hydrogen-bond acceptors (Lipinski definition) is 8. The zero-order valence-electron chi connectivity index (χ0n) is 18.1. The molecule has 0 aliphatic carbocycles. The Bertz CT molecular complexity index is 749. The molecule has 1 fully saturated rings. The molecule has 170 valence electrons. The summed E-state index contributed by atoms with van der Waals surface area (Å²) in [7, 11) is 1.52. The molecule has 6 atom stereocenters. The van der Waals surface area contributed by atoms with Crippen molar-refractivity contribution in [2.24, 2.45) is 0 Å². The Labute approximate surface area is 182 Å². The lowest BCUT2D eigenvalue weighted by Crippen LogP contribution is -2.48. The van der Waals surface area contributed by atoms with Crippen molar-refractivity contribution in [3.8, 4) is 0 Å². The van der Waals surface area contributed by atoms with Crippen LogP contribution in [0.3, 0.4) is 0 Å². The van der Waals surface area contributed by atoms with Gasteiger partial charge in [-0.1, -0.05) is 36.4 Å². The molecule has 0 saturated carbocycles. The third kappa shape index (κ3) is 6.61. The van der Waals surface area contributed by atoms with Crippen LogP contribution < -0.4 is 0 Å². The van der Waals surface area contributed by atoms with Crippen molar-refractivity contribution in [1.82, 2.24) is 0 Å². The molecular weight excluding hydrogens is 404 g/mol. The molecule has 2 aliphatic heterocycles. The van der Waals surface area contributed by atoms with Gasteiger partial charge in [0.05, 0.1) is 18.8 Å². The molecule has 0 unspecified atom stereocenters. The van der Waals surface area contributed by atoms with Crippen LogP contribution in [-0.2, 0) is 44.6 Å². The lowest BCUT2D eigenvalue weighted by Gasteiger charge is -2.34. The van der Waals surface area contributed by atoms with Crippen molar-refractivity contribution < 1.29 is 38.0 Å². The van der Waals surface area contributed by atoms with Gasteiger partial charge in [0.2, 0.25) is 0 Å². The Morgan fingerprint density at radius 3 is 2.68 bits per heavy atom. The standard InChI is InChI=1S/C23H30O8/c1-15(29-16(2)24)19-12-20(27-13-17-8-5-4-6-9-17)23(31-19)22(28-14-26-3)18-10-7-11-21(25)30-18/h4-9,11,15,18-20,22-23H,10,12-14H2,1-3H3/t15-,18+,19+,20-,22+,23+/m0/s1. The van der Waals surface area contributed by atoms with Crippen molar-refractivity contribution in [2.75, 3.05) is 13.9 Å². The van der Waals surface area contributed by atoms with E-state index in [0.717, 1.165) is 5.56 Å². The largest absolute Gasteiger partial charge is 0.460 e. The maximum atomic E-state index is 11.8. The molecule has 0 radical (unpaired) electrons. The number of benzene rings is 1. The first-order valence-corrected chi connectivity index (χ1v) is 10.4. The number of esters is 2. The maximum absolute atomic E-state index is 11.8. The van der Waals surface area contributed by atoms with E-state index in [1.54, 1.807) is 13.0 Å². The molecule has 0 N–H and O–H groups in total. The molecule has 0 amide bonds. The summed E-state index contributed by atoms with van der Waals surface area (Å²) in [5, 5.41) is 0. The average molecular weight is 434 g/mol. The lowest BCUT2D eigenvalue weighted by atomic mass is 9.98. The van der Waals surface area contributed by atoms with Crippen molar-refractivity contribution >= 4 is 11.9 Å². The molecule has 1 aromatic rings. The highest BCUT2D eigenvalue weighted by Crippen LogP contribution is 2.33. The second-order valence-electron chi connectivity index (χ2n) is 7.68. The normalized spacial score (nSPS) is 27.5. The first-order valence-electron chi connectivity index (χ1n) is 10.4. The Morgan fingerprint density at radius 1 is 1.23 bits per heavy atom. The average Bonchev–Trinajstić information content (AvgIpc) is 3.17. The number of carbonyl (C=O) groups excluding carboxylic acids is 2. The van der Waals surface area contributed by atoms with E-state index in [1.165, 1.54) is 20.1 Å². The van der Waals surface area contributed by atoms with Gasteiger partial charge < -0.3 is 28.4 Å². The van der Waals surface area contributed by atoms with Crippen LogP contribution in [0.5, 0.6) is 0 Å². The molecule has 0 aromatic heterocycles. The number of ether oxygens (including phenoxy) is 6. The van der Waals surface area contributed by atoms with Gasteiger partial charge in [0.1, 0.15) is 31.2 Å². The molecule has 8 nitrogen and oxygen atoms in total. The minimum absolute atomic E-state index is 0.0118. The highest BCUT2D eigenvalue weighted by molar-refractivity contribution is 5.82. The van der Waals surface area contributed by atoms with Gasteiger partial charge in [0.25, 0.3) is 0 Å². The first-order chi connectivity index (χ1) is 15.0. The topological polar surface area (TPSA) is 89.5 Å². The van der Waals surface area contributed by atoms with Crippen molar-refractivity contribution in [2.45, 2.75) is 69.9 Å². The van der Waals surface area contributed by atoms with E-state index in [0.29, 0.717) is 19.4 Å². The van der Waals surface area contributed by atoms with Crippen LogP contribution >= 0.6 is 0 Å². The molecular formula is C23H30O8. The monoisotopic (exact) mass is 434 g/mol. The Kier molecular flexibility index (Phi) is 8.60. The predicted molar refractivity (Wildman–Crippen MR) is 110 cm³/mol. The number of hydrogen-bond donors (Lipinski definition) is 0. The molecule has 8 heteroatoms. The Hall–Kier alpha value is -2.26. The summed E-state index contributed by atoms with van der Waals surface area (Å²) < 4.78 is 34.3. The molecule has 31 heavy (non-hydrogen) atoms. The van der Waals surface area contributed by atoms with Gasteiger partial charge in [0, 0.05) is 33.0 Å². The zero-order chi connectivity index (χ0) is 22.2. The molecule has 2 heterocycles. The third-order valence-corrected chi connectivity index (χ3v) is 5.30. The maximum Gasteiger partial charge on any atom is 0.330 e. The second kappa shape index (κ2) is 11.4. The van der Waals surface area contributed by atoms with Gasteiger partial charge in [-0.3, -0.25) is 4.79 Å². The minimum atomic E-state index is -0.607. The van der Waals surface area contributed by atoms with Crippen LogP contribution in [0.2, 0.25) is 0 Å². The van der Waals surface area contributed by atoms with Gasteiger partial charge >= 0.3 is 11.9 Å². The van der Waals surface area contributed by atoms with E-state index in [4.69, 9.17) is 28.4 Å². The fourth-order valence-electron chi connectivity index (χ4n) is 3.87. The quantitative estimate of drug-likeness (QED) is 0.410. The van der Waals surface area contributed by atoms with Crippen molar-refractivity contribution in [1.29, 1.82) is 0 Å². The van der Waals surface area contributed by atoms with E-state index in [2.05, 4.69) is 0 Å². The molecule has 1 saturated heterocycles. The fraction of sp³-hybridized carbons (Fsp3) is 0.565.